The first-order valence-electron chi connectivity index (χ1n) is 11.0. The summed E-state index contributed by atoms with van der Waals surface area (Å²) in [5.41, 5.74) is 0.820. The van der Waals surface area contributed by atoms with Crippen LogP contribution < -0.4 is 10.1 Å². The third kappa shape index (κ3) is 7.33. The van der Waals surface area contributed by atoms with Crippen LogP contribution in [0.4, 0.5) is 13.2 Å². The van der Waals surface area contributed by atoms with E-state index in [1.165, 1.54) is 4.57 Å². The molecule has 1 aromatic heterocycles. The van der Waals surface area contributed by atoms with Crippen molar-refractivity contribution in [2.45, 2.75) is 39.0 Å². The van der Waals surface area contributed by atoms with E-state index < -0.39 is 17.8 Å². The Kier molecular flexibility index (Phi) is 8.16. The fraction of sp³-hybridized carbons (Fsp3) is 0.320. The topological polar surface area (TPSA) is 93.5 Å². The van der Waals surface area contributed by atoms with Gasteiger partial charge in [-0.25, -0.2) is 4.98 Å². The lowest BCUT2D eigenvalue weighted by molar-refractivity contribution is -0.141. The number of carbonyl (C=O) groups is 2. The molecule has 0 saturated heterocycles. The molecule has 35 heavy (non-hydrogen) atoms. The van der Waals surface area contributed by atoms with Gasteiger partial charge < -0.3 is 19.7 Å². The SMILES string of the molecule is CC(C)CC(Oc1ccc(C(=O)NCCC(=O)O)cc1)c1ccc(-n2cnc(C(F)(F)F)c2)cc1. The number of ether oxygens (including phenoxy) is 1. The lowest BCUT2D eigenvalue weighted by atomic mass is 9.99. The van der Waals surface area contributed by atoms with E-state index in [0.29, 0.717) is 29.3 Å². The minimum Gasteiger partial charge on any atom is -0.486 e. The summed E-state index contributed by atoms with van der Waals surface area (Å²) in [5.74, 6) is -0.511. The molecule has 1 amide bonds. The predicted molar refractivity (Wildman–Crippen MR) is 122 cm³/mol. The number of rotatable bonds is 10. The van der Waals surface area contributed by atoms with Gasteiger partial charge in [0, 0.05) is 24.0 Å². The Morgan fingerprint density at radius 3 is 2.29 bits per heavy atom. The zero-order chi connectivity index (χ0) is 25.6. The third-order valence-electron chi connectivity index (χ3n) is 5.14. The Morgan fingerprint density at radius 2 is 1.74 bits per heavy atom. The first kappa shape index (κ1) is 25.8. The molecule has 0 fully saturated rings. The second kappa shape index (κ2) is 11.1. The van der Waals surface area contributed by atoms with E-state index in [1.54, 1.807) is 48.5 Å². The van der Waals surface area contributed by atoms with E-state index in [-0.39, 0.29) is 25.0 Å². The number of carboxylic acid groups (broad SMARTS) is 1. The standard InChI is InChI=1S/C25H26F3N3O4/c1-16(2)13-21(35-20-9-5-18(6-10-20)24(34)29-12-11-23(32)33)17-3-7-19(8-4-17)31-14-22(30-15-31)25(26,27)28/h3-10,14-16,21H,11-13H2,1-2H3,(H,29,34)(H,32,33). The van der Waals surface area contributed by atoms with E-state index in [0.717, 1.165) is 18.1 Å². The molecule has 1 unspecified atom stereocenters. The number of amides is 1. The van der Waals surface area contributed by atoms with Gasteiger partial charge in [-0.3, -0.25) is 9.59 Å². The largest absolute Gasteiger partial charge is 0.486 e. The summed E-state index contributed by atoms with van der Waals surface area (Å²) in [4.78, 5) is 26.1. The van der Waals surface area contributed by atoms with Crippen LogP contribution in [0.5, 0.6) is 5.75 Å². The molecule has 2 N–H and O–H groups in total. The molecule has 0 radical (unpaired) electrons. The highest BCUT2D eigenvalue weighted by Crippen LogP contribution is 2.30. The zero-order valence-corrected chi connectivity index (χ0v) is 19.2. The fourth-order valence-electron chi connectivity index (χ4n) is 3.39. The van der Waals surface area contributed by atoms with Gasteiger partial charge in [-0.1, -0.05) is 26.0 Å². The molecule has 0 saturated carbocycles. The van der Waals surface area contributed by atoms with Crippen molar-refractivity contribution in [1.29, 1.82) is 0 Å². The summed E-state index contributed by atoms with van der Waals surface area (Å²) in [6.07, 6.45) is -2.22. The highest BCUT2D eigenvalue weighted by molar-refractivity contribution is 5.94. The van der Waals surface area contributed by atoms with Crippen LogP contribution in [0.25, 0.3) is 5.69 Å². The summed E-state index contributed by atoms with van der Waals surface area (Å²) in [6, 6.07) is 13.5. The first-order chi connectivity index (χ1) is 16.5. The monoisotopic (exact) mass is 489 g/mol. The van der Waals surface area contributed by atoms with Gasteiger partial charge in [-0.2, -0.15) is 13.2 Å². The van der Waals surface area contributed by atoms with E-state index in [4.69, 9.17) is 9.84 Å². The Balaban J connectivity index is 1.70. The minimum atomic E-state index is -4.50. The van der Waals surface area contributed by atoms with Crippen LogP contribution in [0.15, 0.2) is 61.1 Å². The van der Waals surface area contributed by atoms with Crippen LogP contribution in [0.1, 0.15) is 54.4 Å². The smallest absolute Gasteiger partial charge is 0.434 e. The molecular formula is C25H26F3N3O4. The molecule has 0 spiro atoms. The molecule has 186 valence electrons. The number of nitrogens with one attached hydrogen (secondary N) is 1. The van der Waals surface area contributed by atoms with Gasteiger partial charge in [0.15, 0.2) is 5.69 Å². The van der Waals surface area contributed by atoms with Crippen molar-refractivity contribution in [2.75, 3.05) is 6.54 Å². The summed E-state index contributed by atoms with van der Waals surface area (Å²) in [7, 11) is 0. The summed E-state index contributed by atoms with van der Waals surface area (Å²) in [5, 5.41) is 11.2. The van der Waals surface area contributed by atoms with Crippen LogP contribution >= 0.6 is 0 Å². The summed E-state index contributed by atoms with van der Waals surface area (Å²) < 4.78 is 46.0. The summed E-state index contributed by atoms with van der Waals surface area (Å²) >= 11 is 0. The summed E-state index contributed by atoms with van der Waals surface area (Å²) in [6.45, 7) is 4.15. The Hall–Kier alpha value is -3.82. The number of nitrogens with zero attached hydrogens (tertiary/aromatic N) is 2. The maximum Gasteiger partial charge on any atom is 0.434 e. The average Bonchev–Trinajstić information content (AvgIpc) is 3.30. The second-order valence-electron chi connectivity index (χ2n) is 8.42. The molecule has 3 rings (SSSR count). The highest BCUT2D eigenvalue weighted by Gasteiger charge is 2.33. The molecular weight excluding hydrogens is 463 g/mol. The second-order valence-corrected chi connectivity index (χ2v) is 8.42. The maximum absolute atomic E-state index is 12.8. The molecule has 0 aliphatic rings. The molecule has 0 aliphatic heterocycles. The van der Waals surface area contributed by atoms with Crippen LogP contribution in [0.2, 0.25) is 0 Å². The molecule has 0 bridgehead atoms. The zero-order valence-electron chi connectivity index (χ0n) is 19.2. The lowest BCUT2D eigenvalue weighted by Crippen LogP contribution is -2.25. The molecule has 0 aliphatic carbocycles. The maximum atomic E-state index is 12.8. The van der Waals surface area contributed by atoms with Crippen LogP contribution in [-0.4, -0.2) is 33.1 Å². The van der Waals surface area contributed by atoms with Gasteiger partial charge in [-0.05, 0) is 54.3 Å². The van der Waals surface area contributed by atoms with E-state index in [9.17, 15) is 22.8 Å². The number of carbonyl (C=O) groups excluding carboxylic acids is 1. The van der Waals surface area contributed by atoms with Gasteiger partial charge in [0.25, 0.3) is 5.91 Å². The van der Waals surface area contributed by atoms with Crippen molar-refractivity contribution in [2.24, 2.45) is 5.92 Å². The molecule has 10 heteroatoms. The number of benzene rings is 2. The Morgan fingerprint density at radius 1 is 1.09 bits per heavy atom. The lowest BCUT2D eigenvalue weighted by Gasteiger charge is -2.22. The number of alkyl halides is 3. The molecule has 1 heterocycles. The number of imidazole rings is 1. The van der Waals surface area contributed by atoms with Gasteiger partial charge in [-0.15, -0.1) is 0 Å². The number of aromatic nitrogens is 2. The predicted octanol–water partition coefficient (Wildman–Crippen LogP) is 5.26. The van der Waals surface area contributed by atoms with E-state index in [2.05, 4.69) is 24.1 Å². The quantitative estimate of drug-likeness (QED) is 0.405. The highest BCUT2D eigenvalue weighted by atomic mass is 19.4. The normalized spacial score (nSPS) is 12.4. The number of hydrogen-bond donors (Lipinski definition) is 2. The number of aliphatic carboxylic acids is 1. The van der Waals surface area contributed by atoms with Crippen LogP contribution in [0.3, 0.4) is 0 Å². The van der Waals surface area contributed by atoms with Gasteiger partial charge in [0.05, 0.1) is 12.7 Å². The Labute approximate surface area is 200 Å². The molecule has 1 atom stereocenters. The number of carboxylic acids is 1. The first-order valence-corrected chi connectivity index (χ1v) is 11.0. The molecule has 3 aromatic rings. The van der Waals surface area contributed by atoms with Crippen LogP contribution in [-0.2, 0) is 11.0 Å². The van der Waals surface area contributed by atoms with Gasteiger partial charge in [0.1, 0.15) is 11.9 Å². The molecule has 7 nitrogen and oxygen atoms in total. The average molecular weight is 489 g/mol. The number of halogens is 3. The minimum absolute atomic E-state index is 0.0372. The van der Waals surface area contributed by atoms with E-state index >= 15 is 0 Å². The third-order valence-corrected chi connectivity index (χ3v) is 5.14. The Bertz CT molecular complexity index is 1140. The van der Waals surface area contributed by atoms with Gasteiger partial charge in [0.2, 0.25) is 0 Å². The van der Waals surface area contributed by atoms with Crippen molar-refractivity contribution in [3.05, 3.63) is 77.9 Å². The molecule has 2 aromatic carbocycles. The van der Waals surface area contributed by atoms with Crippen molar-refractivity contribution in [3.8, 4) is 11.4 Å². The van der Waals surface area contributed by atoms with Crippen molar-refractivity contribution in [1.82, 2.24) is 14.9 Å². The van der Waals surface area contributed by atoms with Crippen LogP contribution in [0, 0.1) is 5.92 Å². The fourth-order valence-corrected chi connectivity index (χ4v) is 3.39. The van der Waals surface area contributed by atoms with Gasteiger partial charge >= 0.3 is 12.1 Å². The van der Waals surface area contributed by atoms with Crippen molar-refractivity contribution < 1.29 is 32.6 Å². The van der Waals surface area contributed by atoms with Crippen molar-refractivity contribution >= 4 is 11.9 Å². The van der Waals surface area contributed by atoms with E-state index in [1.807, 2.05) is 0 Å². The van der Waals surface area contributed by atoms with Crippen molar-refractivity contribution in [3.63, 3.8) is 0 Å². The number of hydrogen-bond acceptors (Lipinski definition) is 4.